The van der Waals surface area contributed by atoms with E-state index in [1.54, 1.807) is 20.8 Å². The van der Waals surface area contributed by atoms with E-state index < -0.39 is 60.2 Å². The molecule has 0 radical (unpaired) electrons. The van der Waals surface area contributed by atoms with Gasteiger partial charge in [0.05, 0.1) is 31.5 Å². The Morgan fingerprint density at radius 1 is 0.951 bits per heavy atom. The molecule has 230 valence electrons. The Morgan fingerprint density at radius 3 is 2.10 bits per heavy atom. The molecule has 1 amide bonds. The molecule has 41 heavy (non-hydrogen) atoms. The molecule has 0 saturated carbocycles. The molecule has 0 N–H and O–H groups in total. The second-order valence-electron chi connectivity index (χ2n) is 10.1. The second kappa shape index (κ2) is 15.5. The summed E-state index contributed by atoms with van der Waals surface area (Å²) in [5.74, 6) is -2.92. The van der Waals surface area contributed by atoms with Crippen LogP contribution in [0.3, 0.4) is 0 Å². The van der Waals surface area contributed by atoms with Gasteiger partial charge in [-0.3, -0.25) is 14.4 Å². The van der Waals surface area contributed by atoms with Gasteiger partial charge in [0.15, 0.2) is 24.9 Å². The highest BCUT2D eigenvalue weighted by atomic mass is 32.1. The van der Waals surface area contributed by atoms with E-state index in [4.69, 9.17) is 28.4 Å². The number of hydrogen-bond acceptors (Lipinski definition) is 15. The van der Waals surface area contributed by atoms with Gasteiger partial charge >= 0.3 is 23.9 Å². The molecule has 0 aliphatic carbocycles. The number of anilines is 1. The fraction of sp³-hybridized carbons (Fsp3) is 0.720. The van der Waals surface area contributed by atoms with E-state index >= 15 is 0 Å². The number of carbonyl (C=O) groups is 5. The Hall–Kier alpha value is -3.53. The number of morpholine rings is 1. The molecule has 1 aromatic rings. The van der Waals surface area contributed by atoms with Gasteiger partial charge in [0, 0.05) is 32.5 Å². The maximum Gasteiger partial charge on any atom is 0.347 e. The van der Waals surface area contributed by atoms with E-state index in [1.807, 2.05) is 4.90 Å². The van der Waals surface area contributed by atoms with Gasteiger partial charge in [-0.25, -0.2) is 9.59 Å². The van der Waals surface area contributed by atoms with Crippen molar-refractivity contribution in [2.75, 3.05) is 51.0 Å². The lowest BCUT2D eigenvalue weighted by Gasteiger charge is -2.37. The minimum absolute atomic E-state index is 0.164. The predicted octanol–water partition coefficient (Wildman–Crippen LogP) is 0.739. The van der Waals surface area contributed by atoms with Crippen LogP contribution in [-0.4, -0.2) is 113 Å². The van der Waals surface area contributed by atoms with E-state index in [2.05, 4.69) is 8.75 Å². The first kappa shape index (κ1) is 33.7. The predicted molar refractivity (Wildman–Crippen MR) is 143 cm³/mol. The van der Waals surface area contributed by atoms with Crippen LogP contribution >= 0.6 is 11.7 Å². The van der Waals surface area contributed by atoms with Crippen molar-refractivity contribution in [3.8, 4) is 5.88 Å². The summed E-state index contributed by atoms with van der Waals surface area (Å²) in [5, 5.41) is 0. The average molecular weight is 603 g/mol. The Balaban J connectivity index is 2.19. The van der Waals surface area contributed by atoms with Crippen LogP contribution < -0.4 is 9.64 Å². The molecule has 15 nitrogen and oxygen atoms in total. The number of rotatable bonds is 13. The highest BCUT2D eigenvalue weighted by molar-refractivity contribution is 6.99. The minimum atomic E-state index is -1.21. The number of nitrogens with zero attached hydrogens (tertiary/aromatic N) is 4. The Bertz CT molecular complexity index is 1070. The van der Waals surface area contributed by atoms with Gasteiger partial charge in [-0.05, 0) is 34.6 Å². The van der Waals surface area contributed by atoms with Gasteiger partial charge in [-0.2, -0.15) is 4.37 Å². The average Bonchev–Trinajstić information content (AvgIpc) is 3.36. The highest BCUT2D eigenvalue weighted by Crippen LogP contribution is 2.27. The maximum absolute atomic E-state index is 13.2. The number of hydrogen-bond donors (Lipinski definition) is 0. The van der Waals surface area contributed by atoms with Crippen LogP contribution in [0.15, 0.2) is 0 Å². The standard InChI is InChI=1S/C25H38N4O11S/c1-15(38-17(3)30)23(33)37-14-20(32)29(25(5,6)7)12-19(40-24(34)16(2)39-18(4)31)13-36-22-21(26-41-27-22)28-8-10-35-11-9-28/h15-16,19H,8-14H2,1-7H3/t15?,16?,19-/m0/s1. The monoisotopic (exact) mass is 602 g/mol. The third kappa shape index (κ3) is 11.1. The van der Waals surface area contributed by atoms with Crippen molar-refractivity contribution in [2.24, 2.45) is 0 Å². The lowest BCUT2D eigenvalue weighted by Crippen LogP contribution is -2.52. The molecule has 2 heterocycles. The van der Waals surface area contributed by atoms with Crippen molar-refractivity contribution in [3.63, 3.8) is 0 Å². The largest absolute Gasteiger partial charge is 0.470 e. The van der Waals surface area contributed by atoms with E-state index in [0.717, 1.165) is 25.6 Å². The molecule has 3 atom stereocenters. The summed E-state index contributed by atoms with van der Waals surface area (Å²) in [6.07, 6.45) is -3.44. The summed E-state index contributed by atoms with van der Waals surface area (Å²) in [4.78, 5) is 63.8. The number of aromatic nitrogens is 2. The van der Waals surface area contributed by atoms with Crippen LogP contribution in [0.25, 0.3) is 0 Å². The summed E-state index contributed by atoms with van der Waals surface area (Å²) in [6.45, 7) is 11.5. The molecule has 1 fully saturated rings. The molecule has 16 heteroatoms. The molecule has 2 rings (SSSR count). The molecule has 0 aromatic carbocycles. The van der Waals surface area contributed by atoms with E-state index in [1.165, 1.54) is 18.7 Å². The van der Waals surface area contributed by atoms with Crippen LogP contribution in [0.2, 0.25) is 0 Å². The van der Waals surface area contributed by atoms with Crippen molar-refractivity contribution in [3.05, 3.63) is 0 Å². The fourth-order valence-electron chi connectivity index (χ4n) is 3.67. The normalized spacial score (nSPS) is 15.6. The lowest BCUT2D eigenvalue weighted by molar-refractivity contribution is -0.173. The maximum atomic E-state index is 13.2. The Labute approximate surface area is 242 Å². The Kier molecular flexibility index (Phi) is 12.7. The zero-order chi connectivity index (χ0) is 30.7. The lowest BCUT2D eigenvalue weighted by atomic mass is 10.1. The van der Waals surface area contributed by atoms with Crippen LogP contribution in [0.1, 0.15) is 48.5 Å². The van der Waals surface area contributed by atoms with Crippen molar-refractivity contribution in [1.29, 1.82) is 0 Å². The first-order valence-electron chi connectivity index (χ1n) is 13.0. The van der Waals surface area contributed by atoms with Gasteiger partial charge in [-0.15, -0.1) is 4.37 Å². The molecule has 1 aliphatic heterocycles. The summed E-state index contributed by atoms with van der Waals surface area (Å²) in [5.41, 5.74) is -0.807. The van der Waals surface area contributed by atoms with E-state index in [-0.39, 0.29) is 19.0 Å². The number of carbonyl (C=O) groups excluding carboxylic acids is 5. The first-order chi connectivity index (χ1) is 19.2. The third-order valence-corrected chi connectivity index (χ3v) is 6.13. The summed E-state index contributed by atoms with van der Waals surface area (Å²) >= 11 is 0.958. The SMILES string of the molecule is CC(=O)OC(C)C(=O)OCC(=O)N(C[C@@H](COc1nsnc1N1CCOCC1)OC(=O)C(C)OC(C)=O)C(C)(C)C. The summed E-state index contributed by atoms with van der Waals surface area (Å²) in [7, 11) is 0. The van der Waals surface area contributed by atoms with Crippen LogP contribution in [0.5, 0.6) is 5.88 Å². The van der Waals surface area contributed by atoms with Gasteiger partial charge in [-0.1, -0.05) is 0 Å². The molecule has 1 saturated heterocycles. The molecule has 2 unspecified atom stereocenters. The number of esters is 4. The fourth-order valence-corrected chi connectivity index (χ4v) is 4.19. The van der Waals surface area contributed by atoms with Crippen LogP contribution in [0.4, 0.5) is 5.82 Å². The summed E-state index contributed by atoms with van der Waals surface area (Å²) in [6, 6.07) is 0. The van der Waals surface area contributed by atoms with Gasteiger partial charge < -0.3 is 38.2 Å². The molecular weight excluding hydrogens is 564 g/mol. The van der Waals surface area contributed by atoms with E-state index in [9.17, 15) is 24.0 Å². The second-order valence-corrected chi connectivity index (χ2v) is 10.7. The van der Waals surface area contributed by atoms with Gasteiger partial charge in [0.1, 0.15) is 6.61 Å². The minimum Gasteiger partial charge on any atom is -0.470 e. The topological polar surface area (TPSA) is 173 Å². The summed E-state index contributed by atoms with van der Waals surface area (Å²) < 4.78 is 40.2. The van der Waals surface area contributed by atoms with Crippen molar-refractivity contribution < 1.29 is 52.4 Å². The van der Waals surface area contributed by atoms with Crippen molar-refractivity contribution in [2.45, 2.75) is 72.3 Å². The highest BCUT2D eigenvalue weighted by Gasteiger charge is 2.33. The van der Waals surface area contributed by atoms with E-state index in [0.29, 0.717) is 32.1 Å². The third-order valence-electron chi connectivity index (χ3n) is 5.63. The molecule has 1 aromatic heterocycles. The van der Waals surface area contributed by atoms with Gasteiger partial charge in [0.25, 0.3) is 11.8 Å². The van der Waals surface area contributed by atoms with Crippen molar-refractivity contribution >= 4 is 47.3 Å². The number of amides is 1. The van der Waals surface area contributed by atoms with Crippen molar-refractivity contribution in [1.82, 2.24) is 13.6 Å². The molecule has 1 aliphatic rings. The quantitative estimate of drug-likeness (QED) is 0.228. The van der Waals surface area contributed by atoms with Crippen LogP contribution in [0, 0.1) is 0 Å². The first-order valence-corrected chi connectivity index (χ1v) is 13.7. The molecular formula is C25H38N4O11S. The zero-order valence-electron chi connectivity index (χ0n) is 24.4. The number of ether oxygens (including phenoxy) is 6. The molecule has 0 bridgehead atoms. The zero-order valence-corrected chi connectivity index (χ0v) is 25.2. The van der Waals surface area contributed by atoms with Gasteiger partial charge in [0.2, 0.25) is 5.82 Å². The molecule has 0 spiro atoms. The smallest absolute Gasteiger partial charge is 0.347 e. The Morgan fingerprint density at radius 2 is 1.54 bits per heavy atom. The van der Waals surface area contributed by atoms with Crippen LogP contribution in [-0.2, 0) is 47.7 Å².